The van der Waals surface area contributed by atoms with Crippen molar-refractivity contribution in [3.05, 3.63) is 45.0 Å². The lowest BCUT2D eigenvalue weighted by atomic mass is 9.49. The van der Waals surface area contributed by atoms with Gasteiger partial charge in [0.05, 0.1) is 12.2 Å². The van der Waals surface area contributed by atoms with E-state index in [0.29, 0.717) is 23.7 Å². The Labute approximate surface area is 171 Å². The van der Waals surface area contributed by atoms with Crippen LogP contribution >= 0.6 is 22.6 Å². The number of aliphatic hydroxyl groups excluding tert-OH is 1. The van der Waals surface area contributed by atoms with Gasteiger partial charge in [-0.15, -0.1) is 0 Å². The van der Waals surface area contributed by atoms with Crippen LogP contribution in [0, 0.1) is 44.0 Å². The average molecular weight is 463 g/mol. The van der Waals surface area contributed by atoms with Gasteiger partial charge in [0.1, 0.15) is 0 Å². The van der Waals surface area contributed by atoms with Gasteiger partial charge in [0, 0.05) is 9.65 Å². The Hall–Kier alpha value is -0.860. The maximum Gasteiger partial charge on any atom is 0.0911 e. The molecule has 6 atom stereocenters. The number of hydrogen-bond donors (Lipinski definition) is 1. The molecule has 26 heavy (non-hydrogen) atoms. The maximum atomic E-state index is 10.9. The number of hydrogen-bond acceptors (Lipinski definition) is 2. The molecule has 3 rings (SSSR count). The third kappa shape index (κ3) is 3.87. The van der Waals surface area contributed by atoms with E-state index in [4.69, 9.17) is 5.26 Å². The number of rotatable bonds is 3. The standard InChI is InChI=1S/C23H30INO/c1-15(10-11-25)18-6-9-21-20(13-17-4-7-19(24)8-5-17)22(26)12-16(2)23(21,3)14-18/h4-5,7-8,10,16,18,20-22,26H,6,9,12-14H2,1-3H3/b15-10-/t16-,18-,20+,21+,22-,23+/m1/s1. The van der Waals surface area contributed by atoms with Crippen molar-refractivity contribution in [2.75, 3.05) is 0 Å². The molecule has 1 aromatic rings. The molecule has 0 aromatic heterocycles. The molecule has 0 aliphatic heterocycles. The van der Waals surface area contributed by atoms with Crippen molar-refractivity contribution in [1.82, 2.24) is 0 Å². The van der Waals surface area contributed by atoms with Crippen LogP contribution in [0.1, 0.15) is 52.0 Å². The van der Waals surface area contributed by atoms with Gasteiger partial charge in [0.2, 0.25) is 0 Å². The highest BCUT2D eigenvalue weighted by Gasteiger charge is 2.52. The molecule has 2 aliphatic carbocycles. The summed E-state index contributed by atoms with van der Waals surface area (Å²) in [6.07, 6.45) is 6.87. The van der Waals surface area contributed by atoms with Crippen LogP contribution in [0.25, 0.3) is 0 Å². The Morgan fingerprint density at radius 2 is 2.04 bits per heavy atom. The summed E-state index contributed by atoms with van der Waals surface area (Å²) >= 11 is 2.34. The first-order chi connectivity index (χ1) is 12.3. The van der Waals surface area contributed by atoms with Gasteiger partial charge in [-0.2, -0.15) is 5.26 Å². The third-order valence-electron chi connectivity index (χ3n) is 7.41. The van der Waals surface area contributed by atoms with Crippen LogP contribution in [-0.4, -0.2) is 11.2 Å². The third-order valence-corrected chi connectivity index (χ3v) is 8.13. The number of allylic oxidation sites excluding steroid dienone is 2. The lowest BCUT2D eigenvalue weighted by molar-refractivity contribution is -0.105. The Morgan fingerprint density at radius 3 is 2.69 bits per heavy atom. The van der Waals surface area contributed by atoms with Crippen molar-refractivity contribution in [2.45, 2.75) is 59.0 Å². The molecular weight excluding hydrogens is 433 g/mol. The zero-order chi connectivity index (χ0) is 18.9. The number of fused-ring (bicyclic) bond motifs is 1. The summed E-state index contributed by atoms with van der Waals surface area (Å²) in [5.74, 6) is 1.95. The lowest BCUT2D eigenvalue weighted by Crippen LogP contribution is -2.52. The fraction of sp³-hybridized carbons (Fsp3) is 0.609. The van der Waals surface area contributed by atoms with Crippen LogP contribution in [0.15, 0.2) is 35.9 Å². The fourth-order valence-electron chi connectivity index (χ4n) is 5.62. The monoisotopic (exact) mass is 463 g/mol. The van der Waals surface area contributed by atoms with Crippen molar-refractivity contribution in [3.8, 4) is 6.07 Å². The van der Waals surface area contributed by atoms with Crippen LogP contribution in [-0.2, 0) is 6.42 Å². The second-order valence-electron chi connectivity index (χ2n) is 8.81. The van der Waals surface area contributed by atoms with Gasteiger partial charge in [-0.3, -0.25) is 0 Å². The molecule has 0 heterocycles. The molecule has 2 saturated carbocycles. The first-order valence-electron chi connectivity index (χ1n) is 9.84. The largest absolute Gasteiger partial charge is 0.393 e. The van der Waals surface area contributed by atoms with E-state index in [-0.39, 0.29) is 11.5 Å². The number of halogens is 1. The summed E-state index contributed by atoms with van der Waals surface area (Å²) in [6.45, 7) is 6.88. The zero-order valence-corrected chi connectivity index (χ0v) is 18.2. The second-order valence-corrected chi connectivity index (χ2v) is 10.1. The molecule has 0 amide bonds. The quantitative estimate of drug-likeness (QED) is 0.459. The van der Waals surface area contributed by atoms with Gasteiger partial charge >= 0.3 is 0 Å². The minimum Gasteiger partial charge on any atom is -0.393 e. The number of nitrogens with zero attached hydrogens (tertiary/aromatic N) is 1. The SMILES string of the molecule is C/C(=C/C#N)[C@@H]1CC[C@H]2[C@H](Cc3ccc(I)cc3)[C@H](O)C[C@@H](C)[C@]2(C)C1. The highest BCUT2D eigenvalue weighted by Crippen LogP contribution is 2.58. The Morgan fingerprint density at radius 1 is 1.35 bits per heavy atom. The molecule has 0 bridgehead atoms. The van der Waals surface area contributed by atoms with E-state index in [1.54, 1.807) is 6.08 Å². The van der Waals surface area contributed by atoms with E-state index in [1.165, 1.54) is 14.7 Å². The maximum absolute atomic E-state index is 10.9. The zero-order valence-electron chi connectivity index (χ0n) is 16.1. The summed E-state index contributed by atoms with van der Waals surface area (Å²) < 4.78 is 1.26. The molecule has 140 valence electrons. The highest BCUT2D eigenvalue weighted by molar-refractivity contribution is 14.1. The molecule has 0 saturated heterocycles. The normalized spacial score (nSPS) is 37.7. The molecule has 0 spiro atoms. The van der Waals surface area contributed by atoms with E-state index in [1.807, 2.05) is 0 Å². The van der Waals surface area contributed by atoms with Crippen molar-refractivity contribution in [1.29, 1.82) is 5.26 Å². The predicted molar refractivity (Wildman–Crippen MR) is 114 cm³/mol. The van der Waals surface area contributed by atoms with E-state index in [9.17, 15) is 5.11 Å². The molecular formula is C23H30INO. The van der Waals surface area contributed by atoms with Crippen molar-refractivity contribution >= 4 is 22.6 Å². The van der Waals surface area contributed by atoms with Gasteiger partial charge in [-0.05, 0) is 108 Å². The van der Waals surface area contributed by atoms with Crippen LogP contribution in [0.3, 0.4) is 0 Å². The average Bonchev–Trinajstić information content (AvgIpc) is 2.60. The Kier molecular flexibility index (Phi) is 6.14. The number of nitriles is 1. The smallest absolute Gasteiger partial charge is 0.0911 e. The van der Waals surface area contributed by atoms with Gasteiger partial charge in [0.15, 0.2) is 0 Å². The van der Waals surface area contributed by atoms with E-state index in [0.717, 1.165) is 32.1 Å². The number of aliphatic hydroxyl groups is 1. The van der Waals surface area contributed by atoms with Crippen LogP contribution < -0.4 is 0 Å². The Balaban J connectivity index is 1.84. The van der Waals surface area contributed by atoms with Crippen LogP contribution in [0.4, 0.5) is 0 Å². The van der Waals surface area contributed by atoms with Crippen molar-refractivity contribution in [2.24, 2.45) is 29.1 Å². The van der Waals surface area contributed by atoms with Crippen LogP contribution in [0.2, 0.25) is 0 Å². The molecule has 2 nitrogen and oxygen atoms in total. The summed E-state index contributed by atoms with van der Waals surface area (Å²) in [5.41, 5.74) is 2.83. The van der Waals surface area contributed by atoms with Gasteiger partial charge in [-0.1, -0.05) is 31.6 Å². The van der Waals surface area contributed by atoms with Gasteiger partial charge in [-0.25, -0.2) is 0 Å². The first-order valence-corrected chi connectivity index (χ1v) is 10.9. The predicted octanol–water partition coefficient (Wildman–Crippen LogP) is 5.74. The van der Waals surface area contributed by atoms with Crippen LogP contribution in [0.5, 0.6) is 0 Å². The number of benzene rings is 1. The molecule has 1 N–H and O–H groups in total. The summed E-state index contributed by atoms with van der Waals surface area (Å²) in [4.78, 5) is 0. The van der Waals surface area contributed by atoms with Crippen molar-refractivity contribution in [3.63, 3.8) is 0 Å². The fourth-order valence-corrected chi connectivity index (χ4v) is 5.98. The minimum atomic E-state index is -0.199. The molecule has 0 unspecified atom stereocenters. The van der Waals surface area contributed by atoms with E-state index in [2.05, 4.69) is 73.7 Å². The van der Waals surface area contributed by atoms with E-state index >= 15 is 0 Å². The molecule has 3 heteroatoms. The van der Waals surface area contributed by atoms with E-state index < -0.39 is 0 Å². The molecule has 2 fully saturated rings. The topological polar surface area (TPSA) is 44.0 Å². The molecule has 0 radical (unpaired) electrons. The summed E-state index contributed by atoms with van der Waals surface area (Å²) in [6, 6.07) is 11.0. The summed E-state index contributed by atoms with van der Waals surface area (Å²) in [5, 5.41) is 19.9. The van der Waals surface area contributed by atoms with Gasteiger partial charge in [0.25, 0.3) is 0 Å². The Bertz CT molecular complexity index is 704. The molecule has 1 aromatic carbocycles. The minimum absolute atomic E-state index is 0.199. The molecule has 2 aliphatic rings. The first kappa shape index (κ1) is 19.9. The van der Waals surface area contributed by atoms with Crippen molar-refractivity contribution < 1.29 is 5.11 Å². The highest BCUT2D eigenvalue weighted by atomic mass is 127. The summed E-state index contributed by atoms with van der Waals surface area (Å²) in [7, 11) is 0. The lowest BCUT2D eigenvalue weighted by Gasteiger charge is -2.56. The second kappa shape index (κ2) is 8.02. The van der Waals surface area contributed by atoms with Gasteiger partial charge < -0.3 is 5.11 Å².